The van der Waals surface area contributed by atoms with Crippen LogP contribution in [0.3, 0.4) is 0 Å². The molecule has 6 nitrogen and oxygen atoms in total. The summed E-state index contributed by atoms with van der Waals surface area (Å²) >= 11 is 0. The van der Waals surface area contributed by atoms with Crippen molar-refractivity contribution in [3.8, 4) is 5.75 Å². The van der Waals surface area contributed by atoms with Crippen molar-refractivity contribution in [2.75, 3.05) is 18.6 Å². The molecule has 0 N–H and O–H groups in total. The van der Waals surface area contributed by atoms with Crippen LogP contribution in [0, 0.1) is 0 Å². The molecule has 104 valence electrons. The molecule has 1 amide bonds. The molecule has 2 aliphatic heterocycles. The van der Waals surface area contributed by atoms with E-state index < -0.39 is 17.3 Å². The lowest BCUT2D eigenvalue weighted by Crippen LogP contribution is -2.56. The predicted molar refractivity (Wildman–Crippen MR) is 68.8 cm³/mol. The van der Waals surface area contributed by atoms with Crippen LogP contribution < -0.4 is 9.64 Å². The van der Waals surface area contributed by atoms with Gasteiger partial charge >= 0.3 is 5.97 Å². The molecule has 1 spiro atoms. The van der Waals surface area contributed by atoms with Gasteiger partial charge in [0.25, 0.3) is 0 Å². The molecule has 1 fully saturated rings. The van der Waals surface area contributed by atoms with Crippen molar-refractivity contribution >= 4 is 23.3 Å². The standard InChI is InChI=1S/C14H13NO5/c1-8(16)15-11-4-3-9(19-2)7-10(11)12(17)14(15)5-6-20-13(14)18/h3-4,7H,5-6H2,1-2H3. The van der Waals surface area contributed by atoms with Crippen LogP contribution in [-0.2, 0) is 14.3 Å². The molecule has 1 aromatic carbocycles. The van der Waals surface area contributed by atoms with E-state index in [0.717, 1.165) is 0 Å². The van der Waals surface area contributed by atoms with Gasteiger partial charge in [-0.25, -0.2) is 4.79 Å². The number of nitrogens with zero attached hydrogens (tertiary/aromatic N) is 1. The Kier molecular flexibility index (Phi) is 2.57. The third-order valence-electron chi connectivity index (χ3n) is 3.80. The molecular weight excluding hydrogens is 262 g/mol. The van der Waals surface area contributed by atoms with Gasteiger partial charge in [0.1, 0.15) is 5.75 Å². The number of rotatable bonds is 1. The molecule has 20 heavy (non-hydrogen) atoms. The van der Waals surface area contributed by atoms with E-state index in [1.807, 2.05) is 0 Å². The number of anilines is 1. The quantitative estimate of drug-likeness (QED) is 0.563. The number of ether oxygens (including phenoxy) is 2. The highest BCUT2D eigenvalue weighted by Crippen LogP contribution is 2.45. The summed E-state index contributed by atoms with van der Waals surface area (Å²) in [5.41, 5.74) is -0.777. The van der Waals surface area contributed by atoms with Crippen molar-refractivity contribution < 1.29 is 23.9 Å². The molecule has 1 saturated heterocycles. The van der Waals surface area contributed by atoms with Crippen molar-refractivity contribution in [2.45, 2.75) is 18.9 Å². The minimum absolute atomic E-state index is 0.138. The van der Waals surface area contributed by atoms with E-state index >= 15 is 0 Å². The number of hydrogen-bond donors (Lipinski definition) is 0. The number of Topliss-reactive ketones (excluding diaryl/α,β-unsaturated/α-hetero) is 1. The Bertz CT molecular complexity index is 638. The summed E-state index contributed by atoms with van der Waals surface area (Å²) in [7, 11) is 1.49. The first-order valence-corrected chi connectivity index (χ1v) is 6.23. The number of amides is 1. The van der Waals surface area contributed by atoms with E-state index in [9.17, 15) is 14.4 Å². The molecule has 3 rings (SSSR count). The number of ketones is 1. The van der Waals surface area contributed by atoms with Crippen LogP contribution in [0.4, 0.5) is 5.69 Å². The highest BCUT2D eigenvalue weighted by Gasteiger charge is 2.62. The lowest BCUT2D eigenvalue weighted by Gasteiger charge is -2.28. The number of esters is 1. The summed E-state index contributed by atoms with van der Waals surface area (Å²) in [6, 6.07) is 4.82. The van der Waals surface area contributed by atoms with E-state index in [0.29, 0.717) is 17.0 Å². The molecular formula is C14H13NO5. The van der Waals surface area contributed by atoms with Gasteiger partial charge in [-0.15, -0.1) is 0 Å². The number of hydrogen-bond acceptors (Lipinski definition) is 5. The molecule has 0 aromatic heterocycles. The molecule has 2 heterocycles. The van der Waals surface area contributed by atoms with Gasteiger partial charge in [0.15, 0.2) is 0 Å². The number of benzene rings is 1. The molecule has 0 bridgehead atoms. The maximum Gasteiger partial charge on any atom is 0.340 e. The molecule has 6 heteroatoms. The number of carbonyl (C=O) groups excluding carboxylic acids is 3. The zero-order valence-corrected chi connectivity index (χ0v) is 11.1. The summed E-state index contributed by atoms with van der Waals surface area (Å²) in [5.74, 6) is -0.915. The first-order valence-electron chi connectivity index (χ1n) is 6.23. The Balaban J connectivity index is 2.23. The smallest absolute Gasteiger partial charge is 0.340 e. The van der Waals surface area contributed by atoms with E-state index in [1.165, 1.54) is 18.9 Å². The van der Waals surface area contributed by atoms with Crippen molar-refractivity contribution in [3.63, 3.8) is 0 Å². The van der Waals surface area contributed by atoms with Gasteiger partial charge in [0.05, 0.1) is 19.4 Å². The molecule has 1 atom stereocenters. The van der Waals surface area contributed by atoms with Crippen LogP contribution in [0.5, 0.6) is 5.75 Å². The van der Waals surface area contributed by atoms with E-state index in [4.69, 9.17) is 9.47 Å². The van der Waals surface area contributed by atoms with Crippen LogP contribution in [0.2, 0.25) is 0 Å². The fraction of sp³-hybridized carbons (Fsp3) is 0.357. The first-order chi connectivity index (χ1) is 9.52. The highest BCUT2D eigenvalue weighted by atomic mass is 16.5. The fourth-order valence-corrected chi connectivity index (χ4v) is 2.91. The Morgan fingerprint density at radius 2 is 2.15 bits per heavy atom. The second-order valence-corrected chi connectivity index (χ2v) is 4.81. The average Bonchev–Trinajstić information content (AvgIpc) is 2.91. The summed E-state index contributed by atoms with van der Waals surface area (Å²) < 4.78 is 10.0. The molecule has 0 radical (unpaired) electrons. The number of fused-ring (bicyclic) bond motifs is 1. The van der Waals surface area contributed by atoms with Crippen LogP contribution in [-0.4, -0.2) is 36.9 Å². The largest absolute Gasteiger partial charge is 0.497 e. The summed E-state index contributed by atoms with van der Waals surface area (Å²) in [5, 5.41) is 0. The van der Waals surface area contributed by atoms with Crippen LogP contribution >= 0.6 is 0 Å². The molecule has 1 aromatic rings. The van der Waals surface area contributed by atoms with Crippen molar-refractivity contribution in [1.29, 1.82) is 0 Å². The first kappa shape index (κ1) is 12.7. The summed E-state index contributed by atoms with van der Waals surface area (Å²) in [6.07, 6.45) is 0.182. The minimum Gasteiger partial charge on any atom is -0.497 e. The van der Waals surface area contributed by atoms with Crippen LogP contribution in [0.25, 0.3) is 0 Å². The average molecular weight is 275 g/mol. The lowest BCUT2D eigenvalue weighted by molar-refractivity contribution is -0.142. The second kappa shape index (κ2) is 4.06. The van der Waals surface area contributed by atoms with Gasteiger partial charge in [0, 0.05) is 18.9 Å². The van der Waals surface area contributed by atoms with Gasteiger partial charge in [-0.3, -0.25) is 14.5 Å². The number of methoxy groups -OCH3 is 1. The van der Waals surface area contributed by atoms with Gasteiger partial charge in [-0.2, -0.15) is 0 Å². The summed E-state index contributed by atoms with van der Waals surface area (Å²) in [6.45, 7) is 1.47. The molecule has 2 aliphatic rings. The molecule has 1 unspecified atom stereocenters. The Morgan fingerprint density at radius 3 is 2.70 bits per heavy atom. The van der Waals surface area contributed by atoms with Gasteiger partial charge in [-0.1, -0.05) is 0 Å². The fourth-order valence-electron chi connectivity index (χ4n) is 2.91. The maximum absolute atomic E-state index is 12.7. The lowest BCUT2D eigenvalue weighted by atomic mass is 9.91. The molecule has 0 aliphatic carbocycles. The van der Waals surface area contributed by atoms with E-state index in [1.54, 1.807) is 18.2 Å². The van der Waals surface area contributed by atoms with E-state index in [-0.39, 0.29) is 18.9 Å². The van der Waals surface area contributed by atoms with Crippen molar-refractivity contribution in [2.24, 2.45) is 0 Å². The zero-order chi connectivity index (χ0) is 14.5. The topological polar surface area (TPSA) is 72.9 Å². The Labute approximate surface area is 115 Å². The normalized spacial score (nSPS) is 24.0. The SMILES string of the molecule is COc1ccc2c(c1)C(=O)C1(CCOC1=O)N2C(C)=O. The van der Waals surface area contributed by atoms with Gasteiger partial charge in [-0.05, 0) is 18.2 Å². The monoisotopic (exact) mass is 275 g/mol. The van der Waals surface area contributed by atoms with Crippen molar-refractivity contribution in [1.82, 2.24) is 0 Å². The maximum atomic E-state index is 12.7. The minimum atomic E-state index is -1.53. The van der Waals surface area contributed by atoms with Gasteiger partial charge in [0.2, 0.25) is 17.2 Å². The highest BCUT2D eigenvalue weighted by molar-refractivity contribution is 6.30. The van der Waals surface area contributed by atoms with Crippen LogP contribution in [0.15, 0.2) is 18.2 Å². The predicted octanol–water partition coefficient (Wildman–Crippen LogP) is 0.930. The number of carbonyl (C=O) groups is 3. The Hall–Kier alpha value is -2.37. The summed E-state index contributed by atoms with van der Waals surface area (Å²) in [4.78, 5) is 37.9. The van der Waals surface area contributed by atoms with Crippen LogP contribution in [0.1, 0.15) is 23.7 Å². The molecule has 0 saturated carbocycles. The third-order valence-corrected chi connectivity index (χ3v) is 3.80. The second-order valence-electron chi connectivity index (χ2n) is 4.81. The van der Waals surface area contributed by atoms with E-state index in [2.05, 4.69) is 0 Å². The Morgan fingerprint density at radius 1 is 1.40 bits per heavy atom. The zero-order valence-electron chi connectivity index (χ0n) is 11.1. The van der Waals surface area contributed by atoms with Gasteiger partial charge < -0.3 is 9.47 Å². The van der Waals surface area contributed by atoms with Crippen molar-refractivity contribution in [3.05, 3.63) is 23.8 Å². The number of cyclic esters (lactones) is 1. The third kappa shape index (κ3) is 1.36.